The zero-order chi connectivity index (χ0) is 10.4. The van der Waals surface area contributed by atoms with Gasteiger partial charge in [-0.2, -0.15) is 0 Å². The first-order valence-electron chi connectivity index (χ1n) is 4.80. The molecule has 1 N–H and O–H groups in total. The van der Waals surface area contributed by atoms with Gasteiger partial charge in [0.2, 0.25) is 0 Å². The smallest absolute Gasteiger partial charge is 0.0682 e. The Bertz CT molecular complexity index is 289. The summed E-state index contributed by atoms with van der Waals surface area (Å²) in [4.78, 5) is 1.11. The van der Waals surface area contributed by atoms with Crippen LogP contribution in [0.4, 0.5) is 0 Å². The molecule has 1 rings (SSSR count). The first-order valence-corrected chi connectivity index (χ1v) is 6.16. The quantitative estimate of drug-likeness (QED) is 0.615. The molecule has 0 unspecified atom stereocenters. The van der Waals surface area contributed by atoms with Crippen molar-refractivity contribution in [1.29, 1.82) is 0 Å². The van der Waals surface area contributed by atoms with Gasteiger partial charge in [0.05, 0.1) is 11.6 Å². The summed E-state index contributed by atoms with van der Waals surface area (Å²) < 4.78 is 0. The van der Waals surface area contributed by atoms with Crippen molar-refractivity contribution in [1.82, 2.24) is 0 Å². The molecule has 0 aromatic heterocycles. The summed E-state index contributed by atoms with van der Waals surface area (Å²) in [6.45, 7) is 2.23. The third-order valence-electron chi connectivity index (χ3n) is 1.93. The van der Waals surface area contributed by atoms with E-state index in [1.54, 1.807) is 11.8 Å². The molecule has 0 spiro atoms. The van der Waals surface area contributed by atoms with E-state index >= 15 is 0 Å². The first kappa shape index (κ1) is 11.9. The Kier molecular flexibility index (Phi) is 5.38. The number of aliphatic hydroxyl groups is 1. The Morgan fingerprint density at radius 1 is 1.43 bits per heavy atom. The van der Waals surface area contributed by atoms with E-state index < -0.39 is 0 Å². The highest BCUT2D eigenvalue weighted by atomic mass is 35.5. The van der Waals surface area contributed by atoms with Crippen molar-refractivity contribution in [3.8, 4) is 0 Å². The molecular weight excluding hydrogens is 216 g/mol. The second-order valence-electron chi connectivity index (χ2n) is 3.12. The van der Waals surface area contributed by atoms with Crippen LogP contribution in [0.1, 0.15) is 25.3 Å². The standard InChI is InChI=1S/C11H15ClOS/c1-2-3-6-14-11-5-4-9(8-13)7-10(11)12/h4-5,7,13H,2-3,6,8H2,1H3. The number of halogens is 1. The summed E-state index contributed by atoms with van der Waals surface area (Å²) in [5.41, 5.74) is 0.870. The molecule has 78 valence electrons. The fourth-order valence-corrected chi connectivity index (χ4v) is 2.47. The van der Waals surface area contributed by atoms with Gasteiger partial charge < -0.3 is 5.11 Å². The van der Waals surface area contributed by atoms with Gasteiger partial charge in [0.1, 0.15) is 0 Å². The molecule has 0 amide bonds. The molecule has 0 fully saturated rings. The highest BCUT2D eigenvalue weighted by Crippen LogP contribution is 2.28. The van der Waals surface area contributed by atoms with Crippen molar-refractivity contribution in [2.45, 2.75) is 31.3 Å². The largest absolute Gasteiger partial charge is 0.392 e. The molecule has 0 bridgehead atoms. The molecule has 0 radical (unpaired) electrons. The minimum atomic E-state index is 0.0552. The van der Waals surface area contributed by atoms with Crippen molar-refractivity contribution in [2.24, 2.45) is 0 Å². The Morgan fingerprint density at radius 2 is 2.21 bits per heavy atom. The van der Waals surface area contributed by atoms with Gasteiger partial charge in [-0.3, -0.25) is 0 Å². The first-order chi connectivity index (χ1) is 6.77. The lowest BCUT2D eigenvalue weighted by atomic mass is 10.2. The SMILES string of the molecule is CCCCSc1ccc(CO)cc1Cl. The summed E-state index contributed by atoms with van der Waals surface area (Å²) in [6, 6.07) is 5.73. The number of hydrogen-bond donors (Lipinski definition) is 1. The van der Waals surface area contributed by atoms with Crippen LogP contribution in [0, 0.1) is 0 Å². The molecule has 0 heterocycles. The van der Waals surface area contributed by atoms with Crippen LogP contribution in [-0.2, 0) is 6.61 Å². The van der Waals surface area contributed by atoms with Gasteiger partial charge in [0, 0.05) is 4.90 Å². The third-order valence-corrected chi connectivity index (χ3v) is 3.52. The van der Waals surface area contributed by atoms with Crippen LogP contribution in [0.2, 0.25) is 5.02 Å². The number of thioether (sulfide) groups is 1. The predicted molar refractivity (Wildman–Crippen MR) is 63.0 cm³/mol. The van der Waals surface area contributed by atoms with Crippen LogP contribution in [0.25, 0.3) is 0 Å². The van der Waals surface area contributed by atoms with Gasteiger partial charge >= 0.3 is 0 Å². The Hall–Kier alpha value is -0.180. The van der Waals surface area contributed by atoms with Crippen LogP contribution in [-0.4, -0.2) is 10.9 Å². The fraction of sp³-hybridized carbons (Fsp3) is 0.455. The summed E-state index contributed by atoms with van der Waals surface area (Å²) in [5.74, 6) is 1.11. The number of hydrogen-bond acceptors (Lipinski definition) is 2. The molecule has 0 aliphatic rings. The fourth-order valence-electron chi connectivity index (χ4n) is 1.09. The van der Waals surface area contributed by atoms with Gasteiger partial charge in [-0.15, -0.1) is 11.8 Å². The van der Waals surface area contributed by atoms with Crippen molar-refractivity contribution in [2.75, 3.05) is 5.75 Å². The highest BCUT2D eigenvalue weighted by Gasteiger charge is 2.01. The zero-order valence-corrected chi connectivity index (χ0v) is 9.87. The molecule has 0 saturated heterocycles. The Morgan fingerprint density at radius 3 is 2.79 bits per heavy atom. The van der Waals surface area contributed by atoms with Gasteiger partial charge in [-0.05, 0) is 29.9 Å². The summed E-state index contributed by atoms with van der Waals surface area (Å²) in [7, 11) is 0. The molecular formula is C11H15ClOS. The van der Waals surface area contributed by atoms with Crippen molar-refractivity contribution >= 4 is 23.4 Å². The molecule has 1 aromatic carbocycles. The maximum atomic E-state index is 8.90. The number of aliphatic hydroxyl groups excluding tert-OH is 1. The number of rotatable bonds is 5. The second-order valence-corrected chi connectivity index (χ2v) is 4.67. The van der Waals surface area contributed by atoms with Crippen LogP contribution < -0.4 is 0 Å². The zero-order valence-electron chi connectivity index (χ0n) is 8.29. The van der Waals surface area contributed by atoms with Crippen molar-refractivity contribution in [3.05, 3.63) is 28.8 Å². The van der Waals surface area contributed by atoms with E-state index in [0.29, 0.717) is 0 Å². The monoisotopic (exact) mass is 230 g/mol. The minimum Gasteiger partial charge on any atom is -0.392 e. The Balaban J connectivity index is 2.59. The average Bonchev–Trinajstić information content (AvgIpc) is 2.20. The lowest BCUT2D eigenvalue weighted by Crippen LogP contribution is -1.85. The molecule has 0 saturated carbocycles. The lowest BCUT2D eigenvalue weighted by Gasteiger charge is -2.04. The number of benzene rings is 1. The topological polar surface area (TPSA) is 20.2 Å². The van der Waals surface area contributed by atoms with E-state index in [1.807, 2.05) is 18.2 Å². The summed E-state index contributed by atoms with van der Waals surface area (Å²) in [6.07, 6.45) is 2.42. The summed E-state index contributed by atoms with van der Waals surface area (Å²) >= 11 is 7.83. The van der Waals surface area contributed by atoms with E-state index in [0.717, 1.165) is 21.2 Å². The maximum absolute atomic E-state index is 8.90. The Labute approximate surface area is 94.5 Å². The normalized spacial score (nSPS) is 10.5. The molecule has 0 atom stereocenters. The number of unbranched alkanes of at least 4 members (excludes halogenated alkanes) is 1. The second kappa shape index (κ2) is 6.33. The van der Waals surface area contributed by atoms with Gasteiger partial charge in [0.25, 0.3) is 0 Å². The van der Waals surface area contributed by atoms with Crippen LogP contribution in [0.15, 0.2) is 23.1 Å². The van der Waals surface area contributed by atoms with Gasteiger partial charge in [0.15, 0.2) is 0 Å². The van der Waals surface area contributed by atoms with Crippen molar-refractivity contribution in [3.63, 3.8) is 0 Å². The molecule has 14 heavy (non-hydrogen) atoms. The van der Waals surface area contributed by atoms with E-state index in [1.165, 1.54) is 12.8 Å². The molecule has 0 aliphatic heterocycles. The summed E-state index contributed by atoms with van der Waals surface area (Å²) in [5, 5.41) is 9.65. The van der Waals surface area contributed by atoms with Crippen LogP contribution in [0.5, 0.6) is 0 Å². The third kappa shape index (κ3) is 3.52. The van der Waals surface area contributed by atoms with Gasteiger partial charge in [-0.1, -0.05) is 31.0 Å². The predicted octanol–water partition coefficient (Wildman–Crippen LogP) is 3.72. The van der Waals surface area contributed by atoms with Crippen LogP contribution in [0.3, 0.4) is 0 Å². The molecule has 3 heteroatoms. The molecule has 0 aliphatic carbocycles. The van der Waals surface area contributed by atoms with E-state index in [-0.39, 0.29) is 6.61 Å². The highest BCUT2D eigenvalue weighted by molar-refractivity contribution is 7.99. The minimum absolute atomic E-state index is 0.0552. The van der Waals surface area contributed by atoms with Gasteiger partial charge in [-0.25, -0.2) is 0 Å². The van der Waals surface area contributed by atoms with E-state index in [4.69, 9.17) is 16.7 Å². The lowest BCUT2D eigenvalue weighted by molar-refractivity contribution is 0.282. The van der Waals surface area contributed by atoms with E-state index in [9.17, 15) is 0 Å². The average molecular weight is 231 g/mol. The molecule has 1 aromatic rings. The van der Waals surface area contributed by atoms with E-state index in [2.05, 4.69) is 6.92 Å². The van der Waals surface area contributed by atoms with Crippen molar-refractivity contribution < 1.29 is 5.11 Å². The van der Waals surface area contributed by atoms with Crippen LogP contribution >= 0.6 is 23.4 Å². The maximum Gasteiger partial charge on any atom is 0.0682 e. The molecule has 1 nitrogen and oxygen atoms in total.